The van der Waals surface area contributed by atoms with Crippen molar-refractivity contribution >= 4 is 22.1 Å². The van der Waals surface area contributed by atoms with Gasteiger partial charge in [0, 0.05) is 36.0 Å². The van der Waals surface area contributed by atoms with Crippen LogP contribution in [-0.4, -0.2) is 67.3 Å². The highest BCUT2D eigenvalue weighted by atomic mass is 19.1. The van der Waals surface area contributed by atoms with E-state index in [1.165, 1.54) is 12.1 Å². The van der Waals surface area contributed by atoms with Gasteiger partial charge in [-0.2, -0.15) is 5.10 Å². The lowest BCUT2D eigenvalue weighted by molar-refractivity contribution is 0.260. The minimum absolute atomic E-state index is 0.383. The van der Waals surface area contributed by atoms with Crippen LogP contribution in [-0.2, 0) is 0 Å². The Morgan fingerprint density at radius 3 is 2.73 bits per heavy atom. The first-order valence-corrected chi connectivity index (χ1v) is 11.7. The third-order valence-corrected chi connectivity index (χ3v) is 5.97. The number of aromatic nitrogens is 7. The number of ether oxygens (including phenoxy) is 1. The number of rotatable bonds is 7. The summed E-state index contributed by atoms with van der Waals surface area (Å²) in [4.78, 5) is 23.4. The van der Waals surface area contributed by atoms with Crippen LogP contribution in [0.25, 0.3) is 56.1 Å². The Labute approximate surface area is 211 Å². The monoisotopic (exact) mass is 494 g/mol. The van der Waals surface area contributed by atoms with E-state index in [0.29, 0.717) is 40.6 Å². The first-order valence-electron chi connectivity index (χ1n) is 11.7. The fourth-order valence-corrected chi connectivity index (χ4v) is 4.15. The van der Waals surface area contributed by atoms with Crippen molar-refractivity contribution in [2.24, 2.45) is 0 Å². The smallest absolute Gasteiger partial charge is 0.160 e. The lowest BCUT2D eigenvalue weighted by Gasteiger charge is -2.12. The highest BCUT2D eigenvalue weighted by molar-refractivity contribution is 5.96. The molecule has 5 aromatic heterocycles. The van der Waals surface area contributed by atoms with Crippen LogP contribution in [0.3, 0.4) is 0 Å². The maximum Gasteiger partial charge on any atom is 0.160 e. The van der Waals surface area contributed by atoms with Crippen molar-refractivity contribution in [1.29, 1.82) is 0 Å². The average Bonchev–Trinajstić information content (AvgIpc) is 3.52. The Balaban J connectivity index is 1.41. The quantitative estimate of drug-likeness (QED) is 0.331. The number of nitrogens with one attached hydrogen (secondary N) is 2. The molecule has 10 heteroatoms. The largest absolute Gasteiger partial charge is 0.492 e. The average molecular weight is 495 g/mol. The van der Waals surface area contributed by atoms with E-state index in [4.69, 9.17) is 9.72 Å². The molecule has 184 valence electrons. The summed E-state index contributed by atoms with van der Waals surface area (Å²) in [5.41, 5.74) is 5.46. The maximum atomic E-state index is 14.5. The molecule has 0 saturated carbocycles. The van der Waals surface area contributed by atoms with E-state index in [2.05, 4.69) is 30.1 Å². The molecular weight excluding hydrogens is 471 g/mol. The van der Waals surface area contributed by atoms with Crippen LogP contribution in [0.4, 0.5) is 4.39 Å². The molecule has 0 aliphatic rings. The molecule has 0 fully saturated rings. The summed E-state index contributed by atoms with van der Waals surface area (Å²) in [5.74, 6) is 0.620. The zero-order chi connectivity index (χ0) is 25.4. The summed E-state index contributed by atoms with van der Waals surface area (Å²) in [7, 11) is 3.92. The molecule has 0 spiro atoms. The molecule has 0 aliphatic heterocycles. The summed E-state index contributed by atoms with van der Waals surface area (Å²) in [6.45, 7) is 1.18. The molecule has 5 heterocycles. The molecular formula is C27H23FN8O. The van der Waals surface area contributed by atoms with E-state index < -0.39 is 0 Å². The van der Waals surface area contributed by atoms with Gasteiger partial charge in [-0.25, -0.2) is 14.4 Å². The van der Waals surface area contributed by atoms with Crippen LogP contribution < -0.4 is 4.74 Å². The number of pyridine rings is 3. The van der Waals surface area contributed by atoms with Crippen LogP contribution >= 0.6 is 0 Å². The van der Waals surface area contributed by atoms with Crippen LogP contribution in [0.1, 0.15) is 0 Å². The first-order chi connectivity index (χ1) is 18.0. The zero-order valence-corrected chi connectivity index (χ0v) is 20.2. The summed E-state index contributed by atoms with van der Waals surface area (Å²) in [6, 6.07) is 14.1. The van der Waals surface area contributed by atoms with Gasteiger partial charge in [-0.1, -0.05) is 6.07 Å². The Bertz CT molecular complexity index is 1710. The predicted octanol–water partition coefficient (Wildman–Crippen LogP) is 4.70. The fraction of sp³-hybridized carbons (Fsp3) is 0.148. The van der Waals surface area contributed by atoms with Crippen molar-refractivity contribution in [1.82, 2.24) is 40.0 Å². The van der Waals surface area contributed by atoms with E-state index in [0.717, 1.165) is 34.4 Å². The molecule has 2 N–H and O–H groups in total. The van der Waals surface area contributed by atoms with Crippen molar-refractivity contribution < 1.29 is 9.13 Å². The fourth-order valence-electron chi connectivity index (χ4n) is 4.15. The number of hydrogen-bond acceptors (Lipinski definition) is 7. The molecule has 0 radical (unpaired) electrons. The van der Waals surface area contributed by atoms with Gasteiger partial charge < -0.3 is 14.6 Å². The number of benzene rings is 1. The SMILES string of the molecule is CN(C)CCOc1cc(F)cc(-c2ccnc3[nH]c(-c4n[nH]c5cnc(-c6ccccn6)cc45)nc23)c1. The van der Waals surface area contributed by atoms with Crippen LogP contribution in [0, 0.1) is 5.82 Å². The topological polar surface area (TPSA) is 108 Å². The molecule has 1 aromatic carbocycles. The van der Waals surface area contributed by atoms with Gasteiger partial charge in [-0.15, -0.1) is 0 Å². The number of fused-ring (bicyclic) bond motifs is 2. The first kappa shape index (κ1) is 22.7. The standard InChI is InChI=1S/C27H23FN8O/c1-36(2)9-10-37-18-12-16(11-17(28)13-18)19-6-8-30-26-24(19)32-27(33-26)25-20-14-22(21-5-3-4-7-29-21)31-15-23(20)34-35-25/h3-8,11-15H,9-10H2,1-2H3,(H,34,35)(H,30,32,33). The van der Waals surface area contributed by atoms with Gasteiger partial charge >= 0.3 is 0 Å². The van der Waals surface area contributed by atoms with Crippen molar-refractivity contribution in [2.75, 3.05) is 27.2 Å². The van der Waals surface area contributed by atoms with Gasteiger partial charge in [-0.05, 0) is 56.1 Å². The lowest BCUT2D eigenvalue weighted by atomic mass is 10.1. The van der Waals surface area contributed by atoms with E-state index in [1.54, 1.807) is 18.6 Å². The number of aromatic amines is 2. The molecule has 0 atom stereocenters. The number of hydrogen-bond donors (Lipinski definition) is 2. The van der Waals surface area contributed by atoms with E-state index in [9.17, 15) is 4.39 Å². The number of imidazole rings is 1. The van der Waals surface area contributed by atoms with Crippen molar-refractivity contribution in [2.45, 2.75) is 0 Å². The highest BCUT2D eigenvalue weighted by Crippen LogP contribution is 2.33. The lowest BCUT2D eigenvalue weighted by Crippen LogP contribution is -2.19. The third kappa shape index (κ3) is 4.50. The van der Waals surface area contributed by atoms with Gasteiger partial charge in [-0.3, -0.25) is 15.1 Å². The number of H-pyrrole nitrogens is 2. The number of halogens is 1. The molecule has 9 nitrogen and oxygen atoms in total. The summed E-state index contributed by atoms with van der Waals surface area (Å²) in [6.07, 6.45) is 5.13. The van der Waals surface area contributed by atoms with Gasteiger partial charge in [0.15, 0.2) is 11.5 Å². The van der Waals surface area contributed by atoms with Gasteiger partial charge in [0.05, 0.1) is 23.1 Å². The second-order valence-corrected chi connectivity index (χ2v) is 8.87. The predicted molar refractivity (Wildman–Crippen MR) is 139 cm³/mol. The third-order valence-electron chi connectivity index (χ3n) is 5.97. The molecule has 37 heavy (non-hydrogen) atoms. The van der Waals surface area contributed by atoms with Crippen molar-refractivity contribution in [3.63, 3.8) is 0 Å². The van der Waals surface area contributed by atoms with Crippen LogP contribution in [0.15, 0.2) is 67.1 Å². The van der Waals surface area contributed by atoms with E-state index >= 15 is 0 Å². The van der Waals surface area contributed by atoms with E-state index in [1.807, 2.05) is 55.4 Å². The number of nitrogens with zero attached hydrogens (tertiary/aromatic N) is 6. The maximum absolute atomic E-state index is 14.5. The van der Waals surface area contributed by atoms with Gasteiger partial charge in [0.2, 0.25) is 0 Å². The van der Waals surface area contributed by atoms with Crippen LogP contribution in [0.2, 0.25) is 0 Å². The highest BCUT2D eigenvalue weighted by Gasteiger charge is 2.17. The Kier molecular flexibility index (Phi) is 5.78. The molecule has 0 aliphatic carbocycles. The number of likely N-dealkylation sites (N-methyl/N-ethyl adjacent to an activating group) is 1. The molecule has 0 amide bonds. The molecule has 0 unspecified atom stereocenters. The summed E-state index contributed by atoms with van der Waals surface area (Å²) >= 11 is 0. The molecule has 6 rings (SSSR count). The zero-order valence-electron chi connectivity index (χ0n) is 20.2. The minimum atomic E-state index is -0.383. The van der Waals surface area contributed by atoms with Gasteiger partial charge in [0.1, 0.15) is 29.4 Å². The molecule has 0 saturated heterocycles. The van der Waals surface area contributed by atoms with Crippen molar-refractivity contribution in [3.05, 3.63) is 72.9 Å². The second-order valence-electron chi connectivity index (χ2n) is 8.87. The normalized spacial score (nSPS) is 11.6. The van der Waals surface area contributed by atoms with Crippen LogP contribution in [0.5, 0.6) is 5.75 Å². The summed E-state index contributed by atoms with van der Waals surface area (Å²) in [5, 5.41) is 8.34. The summed E-state index contributed by atoms with van der Waals surface area (Å²) < 4.78 is 20.3. The Hall–Kier alpha value is -4.70. The van der Waals surface area contributed by atoms with Crippen molar-refractivity contribution in [3.8, 4) is 39.8 Å². The molecule has 0 bridgehead atoms. The Morgan fingerprint density at radius 1 is 0.973 bits per heavy atom. The second kappa shape index (κ2) is 9.40. The van der Waals surface area contributed by atoms with Gasteiger partial charge in [0.25, 0.3) is 0 Å². The Morgan fingerprint density at radius 2 is 1.89 bits per heavy atom. The molecule has 6 aromatic rings. The van der Waals surface area contributed by atoms with E-state index in [-0.39, 0.29) is 5.82 Å². The minimum Gasteiger partial charge on any atom is -0.492 e.